The zero-order chi connectivity index (χ0) is 17.6. The summed E-state index contributed by atoms with van der Waals surface area (Å²) in [6, 6.07) is 9.71. The SMILES string of the molecule is Nc1ccc(CCNC(=O)CCC(=O)N2CCc3sccc3C2)cc1. The second-order valence-corrected chi connectivity index (χ2v) is 7.28. The molecule has 0 fully saturated rings. The van der Waals surface area contributed by atoms with Crippen molar-refractivity contribution in [3.8, 4) is 0 Å². The summed E-state index contributed by atoms with van der Waals surface area (Å²) in [6.45, 7) is 2.00. The number of benzene rings is 1. The number of hydrogen-bond acceptors (Lipinski definition) is 4. The van der Waals surface area contributed by atoms with Gasteiger partial charge in [0.05, 0.1) is 0 Å². The first kappa shape index (κ1) is 17.5. The third-order valence-corrected chi connectivity index (χ3v) is 5.46. The first-order chi connectivity index (χ1) is 12.1. The number of thiophene rings is 1. The predicted molar refractivity (Wildman–Crippen MR) is 100 cm³/mol. The third kappa shape index (κ3) is 4.82. The van der Waals surface area contributed by atoms with Gasteiger partial charge in [-0.15, -0.1) is 11.3 Å². The summed E-state index contributed by atoms with van der Waals surface area (Å²) >= 11 is 1.76. The second kappa shape index (κ2) is 8.16. The molecule has 0 radical (unpaired) electrons. The van der Waals surface area contributed by atoms with Gasteiger partial charge in [0.25, 0.3) is 0 Å². The molecule has 0 spiro atoms. The molecule has 1 aliphatic rings. The van der Waals surface area contributed by atoms with Crippen LogP contribution in [0.25, 0.3) is 0 Å². The molecule has 2 aromatic rings. The minimum atomic E-state index is -0.0722. The van der Waals surface area contributed by atoms with Crippen LogP contribution in [0, 0.1) is 0 Å². The highest BCUT2D eigenvalue weighted by Gasteiger charge is 2.21. The Morgan fingerprint density at radius 3 is 2.76 bits per heavy atom. The normalized spacial score (nSPS) is 13.4. The average Bonchev–Trinajstić information content (AvgIpc) is 3.09. The van der Waals surface area contributed by atoms with E-state index >= 15 is 0 Å². The van der Waals surface area contributed by atoms with Crippen molar-refractivity contribution in [1.29, 1.82) is 0 Å². The molecule has 0 aliphatic carbocycles. The molecular formula is C19H23N3O2S. The number of carbonyl (C=O) groups is 2. The molecule has 0 saturated carbocycles. The van der Waals surface area contributed by atoms with Gasteiger partial charge in [0, 0.05) is 43.0 Å². The van der Waals surface area contributed by atoms with Crippen LogP contribution in [0.15, 0.2) is 35.7 Å². The molecule has 5 nitrogen and oxygen atoms in total. The van der Waals surface area contributed by atoms with E-state index in [9.17, 15) is 9.59 Å². The minimum absolute atomic E-state index is 0.0607. The van der Waals surface area contributed by atoms with Crippen molar-refractivity contribution in [2.24, 2.45) is 0 Å². The fraction of sp³-hybridized carbons (Fsp3) is 0.368. The standard InChI is InChI=1S/C19H23N3O2S/c20-16-3-1-14(2-4-16)7-10-21-18(23)5-6-19(24)22-11-8-17-15(13-22)9-12-25-17/h1-4,9,12H,5-8,10-11,13,20H2,(H,21,23). The first-order valence-electron chi connectivity index (χ1n) is 8.56. The van der Waals surface area contributed by atoms with Crippen molar-refractivity contribution < 1.29 is 9.59 Å². The number of nitrogens with one attached hydrogen (secondary N) is 1. The van der Waals surface area contributed by atoms with Crippen LogP contribution in [-0.4, -0.2) is 29.8 Å². The van der Waals surface area contributed by atoms with E-state index in [2.05, 4.69) is 16.8 Å². The van der Waals surface area contributed by atoms with E-state index in [0.717, 1.165) is 30.6 Å². The molecule has 0 saturated heterocycles. The van der Waals surface area contributed by atoms with E-state index in [-0.39, 0.29) is 24.7 Å². The average molecular weight is 357 g/mol. The zero-order valence-electron chi connectivity index (χ0n) is 14.2. The highest BCUT2D eigenvalue weighted by atomic mass is 32.1. The molecule has 1 aliphatic heterocycles. The van der Waals surface area contributed by atoms with Crippen molar-refractivity contribution in [3.05, 3.63) is 51.7 Å². The fourth-order valence-corrected chi connectivity index (χ4v) is 3.85. The number of anilines is 1. The van der Waals surface area contributed by atoms with Crippen LogP contribution >= 0.6 is 11.3 Å². The van der Waals surface area contributed by atoms with Gasteiger partial charge < -0.3 is 16.0 Å². The molecule has 6 heteroatoms. The topological polar surface area (TPSA) is 75.4 Å². The molecule has 25 heavy (non-hydrogen) atoms. The maximum atomic E-state index is 12.3. The first-order valence-corrected chi connectivity index (χ1v) is 9.44. The molecule has 0 unspecified atom stereocenters. The number of fused-ring (bicyclic) bond motifs is 1. The van der Waals surface area contributed by atoms with Crippen LogP contribution in [0.4, 0.5) is 5.69 Å². The summed E-state index contributed by atoms with van der Waals surface area (Å²) in [7, 11) is 0. The zero-order valence-corrected chi connectivity index (χ0v) is 15.0. The van der Waals surface area contributed by atoms with E-state index in [1.54, 1.807) is 11.3 Å². The summed E-state index contributed by atoms with van der Waals surface area (Å²) in [5.41, 5.74) is 8.76. The van der Waals surface area contributed by atoms with Gasteiger partial charge in [-0.3, -0.25) is 9.59 Å². The van der Waals surface area contributed by atoms with Gasteiger partial charge in [-0.1, -0.05) is 12.1 Å². The summed E-state index contributed by atoms with van der Waals surface area (Å²) in [5.74, 6) is -0.0115. The number of rotatable bonds is 6. The largest absolute Gasteiger partial charge is 0.399 e. The van der Waals surface area contributed by atoms with E-state index in [4.69, 9.17) is 5.73 Å². The highest BCUT2D eigenvalue weighted by Crippen LogP contribution is 2.24. The Balaban J connectivity index is 1.36. The Labute approximate surface area is 151 Å². The third-order valence-electron chi connectivity index (χ3n) is 4.44. The lowest BCUT2D eigenvalue weighted by molar-refractivity contribution is -0.134. The number of amides is 2. The Hall–Kier alpha value is -2.34. The number of nitrogens with two attached hydrogens (primary N) is 1. The van der Waals surface area contributed by atoms with Crippen molar-refractivity contribution in [1.82, 2.24) is 10.2 Å². The van der Waals surface area contributed by atoms with Gasteiger partial charge in [0.1, 0.15) is 0 Å². The molecule has 1 aromatic heterocycles. The van der Waals surface area contributed by atoms with Crippen LogP contribution in [0.1, 0.15) is 28.8 Å². The van der Waals surface area contributed by atoms with Gasteiger partial charge in [-0.05, 0) is 47.5 Å². The lowest BCUT2D eigenvalue weighted by Gasteiger charge is -2.27. The monoisotopic (exact) mass is 357 g/mol. The van der Waals surface area contributed by atoms with Crippen LogP contribution in [0.2, 0.25) is 0 Å². The summed E-state index contributed by atoms with van der Waals surface area (Å²) in [4.78, 5) is 27.5. The molecule has 132 valence electrons. The molecule has 2 heterocycles. The van der Waals surface area contributed by atoms with E-state index in [1.807, 2.05) is 29.2 Å². The second-order valence-electron chi connectivity index (χ2n) is 6.28. The molecular weight excluding hydrogens is 334 g/mol. The smallest absolute Gasteiger partial charge is 0.223 e. The quantitative estimate of drug-likeness (QED) is 0.779. The maximum Gasteiger partial charge on any atom is 0.223 e. The Morgan fingerprint density at radius 2 is 1.96 bits per heavy atom. The molecule has 1 aromatic carbocycles. The molecule has 2 amide bonds. The fourth-order valence-electron chi connectivity index (χ4n) is 2.96. The summed E-state index contributed by atoms with van der Waals surface area (Å²) < 4.78 is 0. The molecule has 0 bridgehead atoms. The Kier molecular flexibility index (Phi) is 5.71. The lowest BCUT2D eigenvalue weighted by atomic mass is 10.1. The Morgan fingerprint density at radius 1 is 1.16 bits per heavy atom. The summed E-state index contributed by atoms with van der Waals surface area (Å²) in [5, 5.41) is 4.95. The van der Waals surface area contributed by atoms with E-state index in [0.29, 0.717) is 13.1 Å². The van der Waals surface area contributed by atoms with Crippen LogP contribution < -0.4 is 11.1 Å². The van der Waals surface area contributed by atoms with Crippen LogP contribution in [-0.2, 0) is 29.0 Å². The number of nitrogen functional groups attached to an aromatic ring is 1. The van der Waals surface area contributed by atoms with Crippen LogP contribution in [0.3, 0.4) is 0 Å². The van der Waals surface area contributed by atoms with Crippen molar-refractivity contribution >= 4 is 28.8 Å². The molecule has 3 rings (SSSR count). The number of hydrogen-bond donors (Lipinski definition) is 2. The van der Waals surface area contributed by atoms with Crippen molar-refractivity contribution in [3.63, 3.8) is 0 Å². The van der Waals surface area contributed by atoms with Crippen molar-refractivity contribution in [2.75, 3.05) is 18.8 Å². The van der Waals surface area contributed by atoms with E-state index < -0.39 is 0 Å². The molecule has 0 atom stereocenters. The van der Waals surface area contributed by atoms with Gasteiger partial charge in [-0.2, -0.15) is 0 Å². The van der Waals surface area contributed by atoms with Crippen LogP contribution in [0.5, 0.6) is 0 Å². The lowest BCUT2D eigenvalue weighted by Crippen LogP contribution is -2.36. The number of carbonyl (C=O) groups excluding carboxylic acids is 2. The van der Waals surface area contributed by atoms with E-state index in [1.165, 1.54) is 10.4 Å². The van der Waals surface area contributed by atoms with Crippen molar-refractivity contribution in [2.45, 2.75) is 32.2 Å². The Bertz CT molecular complexity index is 739. The number of nitrogens with zero attached hydrogens (tertiary/aromatic N) is 1. The maximum absolute atomic E-state index is 12.3. The van der Waals surface area contributed by atoms with Gasteiger partial charge in [0.2, 0.25) is 11.8 Å². The van der Waals surface area contributed by atoms with Gasteiger partial charge in [0.15, 0.2) is 0 Å². The van der Waals surface area contributed by atoms with Gasteiger partial charge in [-0.25, -0.2) is 0 Å². The van der Waals surface area contributed by atoms with Gasteiger partial charge >= 0.3 is 0 Å². The molecule has 3 N–H and O–H groups in total. The summed E-state index contributed by atoms with van der Waals surface area (Å²) in [6.07, 6.45) is 2.19. The predicted octanol–water partition coefficient (Wildman–Crippen LogP) is 2.35. The minimum Gasteiger partial charge on any atom is -0.399 e. The highest BCUT2D eigenvalue weighted by molar-refractivity contribution is 7.10.